The quantitative estimate of drug-likeness (QED) is 0.653. The van der Waals surface area contributed by atoms with Crippen LogP contribution in [0.4, 0.5) is 5.69 Å². The van der Waals surface area contributed by atoms with E-state index in [9.17, 15) is 4.79 Å². The summed E-state index contributed by atoms with van der Waals surface area (Å²) in [6, 6.07) is 7.88. The van der Waals surface area contributed by atoms with E-state index in [0.717, 1.165) is 24.9 Å². The van der Waals surface area contributed by atoms with Crippen LogP contribution >= 0.6 is 22.6 Å². The van der Waals surface area contributed by atoms with Crippen LogP contribution in [0.25, 0.3) is 0 Å². The molecule has 3 heteroatoms. The number of anilines is 1. The first-order chi connectivity index (χ1) is 7.75. The van der Waals surface area contributed by atoms with Gasteiger partial charge in [-0.2, -0.15) is 0 Å². The third kappa shape index (κ3) is 3.07. The van der Waals surface area contributed by atoms with Gasteiger partial charge < -0.3 is 5.32 Å². The van der Waals surface area contributed by atoms with Crippen LogP contribution in [-0.4, -0.2) is 5.91 Å². The molecule has 0 aliphatic heterocycles. The molecule has 1 aromatic rings. The van der Waals surface area contributed by atoms with Crippen LogP contribution < -0.4 is 5.32 Å². The maximum atomic E-state index is 11.9. The monoisotopic (exact) mass is 327 g/mol. The van der Waals surface area contributed by atoms with Gasteiger partial charge in [-0.3, -0.25) is 4.79 Å². The van der Waals surface area contributed by atoms with Crippen molar-refractivity contribution in [1.82, 2.24) is 0 Å². The summed E-state index contributed by atoms with van der Waals surface area (Å²) in [4.78, 5) is 11.9. The molecule has 1 aliphatic rings. The summed E-state index contributed by atoms with van der Waals surface area (Å²) in [5, 5.41) is 2.96. The van der Waals surface area contributed by atoms with Crippen molar-refractivity contribution in [3.63, 3.8) is 0 Å². The van der Waals surface area contributed by atoms with Gasteiger partial charge in [-0.05, 0) is 66.1 Å². The molecule has 0 saturated heterocycles. The Bertz CT molecular complexity index is 397. The van der Waals surface area contributed by atoms with Crippen molar-refractivity contribution in [2.45, 2.75) is 19.3 Å². The molecule has 2 nitrogen and oxygen atoms in total. The third-order valence-electron chi connectivity index (χ3n) is 2.75. The molecule has 0 spiro atoms. The van der Waals surface area contributed by atoms with Crippen molar-refractivity contribution in [2.75, 3.05) is 5.32 Å². The average Bonchev–Trinajstić information content (AvgIpc) is 2.33. The Morgan fingerprint density at radius 1 is 1.25 bits per heavy atom. The van der Waals surface area contributed by atoms with E-state index in [1.807, 2.05) is 24.3 Å². The summed E-state index contributed by atoms with van der Waals surface area (Å²) in [6.07, 6.45) is 7.10. The Balaban J connectivity index is 1.96. The molecule has 0 fully saturated rings. The Morgan fingerprint density at radius 3 is 2.62 bits per heavy atom. The number of allylic oxidation sites excluding steroid dienone is 2. The Hall–Kier alpha value is -0.840. The second kappa shape index (κ2) is 5.48. The molecule has 16 heavy (non-hydrogen) atoms. The summed E-state index contributed by atoms with van der Waals surface area (Å²) in [7, 11) is 0. The second-order valence-electron chi connectivity index (χ2n) is 3.98. The van der Waals surface area contributed by atoms with Gasteiger partial charge in [0.1, 0.15) is 0 Å². The lowest BCUT2D eigenvalue weighted by molar-refractivity contribution is -0.120. The highest BCUT2D eigenvalue weighted by atomic mass is 127. The van der Waals surface area contributed by atoms with E-state index in [2.05, 4.69) is 40.1 Å². The first-order valence-corrected chi connectivity index (χ1v) is 6.55. The molecule has 1 aliphatic carbocycles. The lowest BCUT2D eigenvalue weighted by Crippen LogP contribution is -2.23. The van der Waals surface area contributed by atoms with Crippen molar-refractivity contribution in [3.8, 4) is 0 Å². The minimum Gasteiger partial charge on any atom is -0.326 e. The van der Waals surface area contributed by atoms with Gasteiger partial charge in [0.25, 0.3) is 0 Å². The number of halogens is 1. The van der Waals surface area contributed by atoms with E-state index in [-0.39, 0.29) is 11.8 Å². The second-order valence-corrected chi connectivity index (χ2v) is 5.22. The van der Waals surface area contributed by atoms with Crippen LogP contribution in [0.15, 0.2) is 36.4 Å². The topological polar surface area (TPSA) is 29.1 Å². The maximum absolute atomic E-state index is 11.9. The van der Waals surface area contributed by atoms with Crippen molar-refractivity contribution >= 4 is 34.2 Å². The molecule has 0 aromatic heterocycles. The van der Waals surface area contributed by atoms with Crippen LogP contribution in [-0.2, 0) is 4.79 Å². The van der Waals surface area contributed by atoms with Crippen LogP contribution in [0.2, 0.25) is 0 Å². The van der Waals surface area contributed by atoms with Crippen molar-refractivity contribution in [2.24, 2.45) is 5.92 Å². The van der Waals surface area contributed by atoms with Gasteiger partial charge in [0.05, 0.1) is 0 Å². The van der Waals surface area contributed by atoms with Crippen LogP contribution in [0, 0.1) is 9.49 Å². The van der Waals surface area contributed by atoms with Gasteiger partial charge in [-0.15, -0.1) is 0 Å². The molecule has 1 aromatic carbocycles. The van der Waals surface area contributed by atoms with Gasteiger partial charge in [0, 0.05) is 15.2 Å². The number of nitrogens with one attached hydrogen (secondary N) is 1. The summed E-state index contributed by atoms with van der Waals surface area (Å²) in [5.74, 6) is 0.287. The number of carbonyl (C=O) groups is 1. The summed E-state index contributed by atoms with van der Waals surface area (Å²) in [5.41, 5.74) is 0.889. The number of rotatable bonds is 2. The highest BCUT2D eigenvalue weighted by Gasteiger charge is 2.18. The lowest BCUT2D eigenvalue weighted by atomic mass is 9.93. The van der Waals surface area contributed by atoms with Crippen molar-refractivity contribution in [3.05, 3.63) is 40.0 Å². The van der Waals surface area contributed by atoms with E-state index in [0.29, 0.717) is 0 Å². The fraction of sp³-hybridized carbons (Fsp3) is 0.308. The molecular weight excluding hydrogens is 313 g/mol. The van der Waals surface area contributed by atoms with E-state index in [4.69, 9.17) is 0 Å². The highest BCUT2D eigenvalue weighted by Crippen LogP contribution is 2.20. The SMILES string of the molecule is O=C(Nc1ccc(I)cc1)[C@@H]1CC=CCC1. The maximum Gasteiger partial charge on any atom is 0.227 e. The van der Waals surface area contributed by atoms with E-state index >= 15 is 0 Å². The largest absolute Gasteiger partial charge is 0.326 e. The predicted octanol–water partition coefficient (Wildman–Crippen LogP) is 3.59. The number of hydrogen-bond acceptors (Lipinski definition) is 1. The van der Waals surface area contributed by atoms with E-state index in [1.165, 1.54) is 3.57 Å². The standard InChI is InChI=1S/C13H14INO/c14-11-6-8-12(9-7-11)15-13(16)10-4-2-1-3-5-10/h1-2,6-10H,3-5H2,(H,15,16)/t10-/m1/s1. The minimum atomic E-state index is 0.143. The summed E-state index contributed by atoms with van der Waals surface area (Å²) < 4.78 is 1.18. The highest BCUT2D eigenvalue weighted by molar-refractivity contribution is 14.1. The normalized spacial score (nSPS) is 19.4. The van der Waals surface area contributed by atoms with Crippen LogP contribution in [0.1, 0.15) is 19.3 Å². The molecule has 0 bridgehead atoms. The number of benzene rings is 1. The van der Waals surface area contributed by atoms with Gasteiger partial charge in [0.2, 0.25) is 5.91 Å². The lowest BCUT2D eigenvalue weighted by Gasteiger charge is -2.17. The smallest absolute Gasteiger partial charge is 0.227 e. The molecule has 1 atom stereocenters. The fourth-order valence-electron chi connectivity index (χ4n) is 1.81. The third-order valence-corrected chi connectivity index (χ3v) is 3.47. The zero-order chi connectivity index (χ0) is 11.4. The molecule has 84 valence electrons. The zero-order valence-electron chi connectivity index (χ0n) is 8.95. The Morgan fingerprint density at radius 2 is 2.00 bits per heavy atom. The van der Waals surface area contributed by atoms with Gasteiger partial charge in [-0.1, -0.05) is 12.2 Å². The minimum absolute atomic E-state index is 0.143. The van der Waals surface area contributed by atoms with Gasteiger partial charge in [-0.25, -0.2) is 0 Å². The van der Waals surface area contributed by atoms with Crippen molar-refractivity contribution in [1.29, 1.82) is 0 Å². The average molecular weight is 327 g/mol. The zero-order valence-corrected chi connectivity index (χ0v) is 11.1. The molecule has 2 rings (SSSR count). The van der Waals surface area contributed by atoms with Gasteiger partial charge in [0.15, 0.2) is 0 Å². The van der Waals surface area contributed by atoms with Crippen molar-refractivity contribution < 1.29 is 4.79 Å². The Kier molecular flexibility index (Phi) is 3.98. The molecule has 0 unspecified atom stereocenters. The van der Waals surface area contributed by atoms with Crippen LogP contribution in [0.5, 0.6) is 0 Å². The number of hydrogen-bond donors (Lipinski definition) is 1. The molecule has 0 saturated carbocycles. The molecular formula is C13H14INO. The summed E-state index contributed by atoms with van der Waals surface area (Å²) in [6.45, 7) is 0. The van der Waals surface area contributed by atoms with E-state index in [1.54, 1.807) is 0 Å². The van der Waals surface area contributed by atoms with Gasteiger partial charge >= 0.3 is 0 Å². The van der Waals surface area contributed by atoms with Crippen LogP contribution in [0.3, 0.4) is 0 Å². The molecule has 0 heterocycles. The molecule has 0 radical (unpaired) electrons. The molecule has 1 amide bonds. The first-order valence-electron chi connectivity index (χ1n) is 5.47. The number of amides is 1. The van der Waals surface area contributed by atoms with E-state index < -0.39 is 0 Å². The Labute approximate surface area is 109 Å². The summed E-state index contributed by atoms with van der Waals surface area (Å²) >= 11 is 2.25. The first kappa shape index (κ1) is 11.6. The fourth-order valence-corrected chi connectivity index (χ4v) is 2.17. The molecule has 1 N–H and O–H groups in total. The number of carbonyl (C=O) groups excluding carboxylic acids is 1. The predicted molar refractivity (Wildman–Crippen MR) is 74.3 cm³/mol.